The quantitative estimate of drug-likeness (QED) is 0.511. The topological polar surface area (TPSA) is 56.6 Å². The highest BCUT2D eigenvalue weighted by Gasteiger charge is 2.46. The summed E-state index contributed by atoms with van der Waals surface area (Å²) in [7, 11) is 1.89. The van der Waals surface area contributed by atoms with Gasteiger partial charge in [-0.1, -0.05) is 23.7 Å². The zero-order chi connectivity index (χ0) is 23.4. The average Bonchev–Trinajstić information content (AvgIpc) is 3.17. The molecule has 1 spiro atoms. The number of benzene rings is 2. The third kappa shape index (κ3) is 3.80. The van der Waals surface area contributed by atoms with Crippen molar-refractivity contribution in [1.82, 2.24) is 14.7 Å². The Morgan fingerprint density at radius 2 is 1.91 bits per heavy atom. The van der Waals surface area contributed by atoms with Crippen molar-refractivity contribution in [2.24, 2.45) is 7.05 Å². The maximum atomic E-state index is 13.0. The second kappa shape index (κ2) is 7.69. The summed E-state index contributed by atoms with van der Waals surface area (Å²) in [6.45, 7) is 0.821. The first kappa shape index (κ1) is 21.6. The van der Waals surface area contributed by atoms with Gasteiger partial charge in [-0.3, -0.25) is 9.48 Å². The average molecular weight is 478 g/mol. The van der Waals surface area contributed by atoms with E-state index in [0.717, 1.165) is 28.6 Å². The van der Waals surface area contributed by atoms with Gasteiger partial charge in [-0.2, -0.15) is 5.10 Å². The monoisotopic (exact) mass is 477 g/mol. The minimum Gasteiger partial charge on any atom is -0.482 e. The van der Waals surface area contributed by atoms with Gasteiger partial charge in [0.05, 0.1) is 16.9 Å². The molecule has 0 aliphatic carbocycles. The number of halogens is 4. The van der Waals surface area contributed by atoms with Crippen LogP contribution >= 0.6 is 11.6 Å². The molecule has 1 fully saturated rings. The number of amides is 1. The largest absolute Gasteiger partial charge is 0.573 e. The van der Waals surface area contributed by atoms with Crippen molar-refractivity contribution in [2.75, 3.05) is 13.1 Å². The fraction of sp³-hybridized carbons (Fsp3) is 0.304. The molecule has 33 heavy (non-hydrogen) atoms. The summed E-state index contributed by atoms with van der Waals surface area (Å²) in [6.07, 6.45) is -1.94. The van der Waals surface area contributed by atoms with Crippen LogP contribution in [0.2, 0.25) is 5.02 Å². The van der Waals surface area contributed by atoms with Gasteiger partial charge in [0, 0.05) is 49.7 Å². The fourth-order valence-electron chi connectivity index (χ4n) is 4.57. The summed E-state index contributed by atoms with van der Waals surface area (Å²) in [5.41, 5.74) is 2.57. The van der Waals surface area contributed by atoms with Gasteiger partial charge in [0.15, 0.2) is 0 Å². The second-order valence-corrected chi connectivity index (χ2v) is 8.52. The Hall–Kier alpha value is -3.20. The summed E-state index contributed by atoms with van der Waals surface area (Å²) < 4.78 is 49.6. The number of ether oxygens (including phenoxy) is 2. The summed E-state index contributed by atoms with van der Waals surface area (Å²) in [4.78, 5) is 14.7. The maximum Gasteiger partial charge on any atom is 0.573 e. The van der Waals surface area contributed by atoms with E-state index in [1.54, 1.807) is 4.90 Å². The van der Waals surface area contributed by atoms with Crippen LogP contribution in [0.5, 0.6) is 11.5 Å². The fourth-order valence-corrected chi connectivity index (χ4v) is 4.79. The lowest BCUT2D eigenvalue weighted by Gasteiger charge is -2.44. The molecule has 0 atom stereocenters. The van der Waals surface area contributed by atoms with Crippen LogP contribution in [0.3, 0.4) is 0 Å². The first-order valence-electron chi connectivity index (χ1n) is 10.3. The number of nitrogens with zero attached hydrogens (tertiary/aromatic N) is 3. The standard InChI is InChI=1S/C23H19ClF3N3O3/c1-29-20-15-4-2-3-5-18(15)32-22(16(20)13-28-29)8-10-30(11-9-22)21(31)14-6-7-19(17(24)12-14)33-23(25,26)27/h2-7,12-13H,8-11H2,1H3. The predicted octanol–water partition coefficient (Wildman–Crippen LogP) is 5.16. The second-order valence-electron chi connectivity index (χ2n) is 8.11. The molecule has 2 aliphatic rings. The Balaban J connectivity index is 1.35. The molecule has 0 saturated carbocycles. The van der Waals surface area contributed by atoms with Crippen LogP contribution in [-0.4, -0.2) is 40.0 Å². The van der Waals surface area contributed by atoms with Gasteiger partial charge in [0.25, 0.3) is 5.91 Å². The normalized spacial score (nSPS) is 16.7. The number of hydrogen-bond acceptors (Lipinski definition) is 4. The van der Waals surface area contributed by atoms with Crippen molar-refractivity contribution >= 4 is 17.5 Å². The van der Waals surface area contributed by atoms with Gasteiger partial charge in [-0.15, -0.1) is 13.2 Å². The van der Waals surface area contributed by atoms with Crippen LogP contribution in [-0.2, 0) is 12.6 Å². The van der Waals surface area contributed by atoms with Crippen LogP contribution < -0.4 is 9.47 Å². The Morgan fingerprint density at radius 1 is 1.18 bits per heavy atom. The smallest absolute Gasteiger partial charge is 0.482 e. The zero-order valence-corrected chi connectivity index (χ0v) is 18.3. The van der Waals surface area contributed by atoms with Crippen molar-refractivity contribution in [2.45, 2.75) is 24.8 Å². The molecular formula is C23H19ClF3N3O3. The molecule has 3 aromatic rings. The molecule has 1 amide bonds. The Kier molecular flexibility index (Phi) is 5.04. The van der Waals surface area contributed by atoms with Gasteiger partial charge in [-0.25, -0.2) is 0 Å². The number of fused-ring (bicyclic) bond motifs is 4. The molecule has 2 aromatic carbocycles. The highest BCUT2D eigenvalue weighted by molar-refractivity contribution is 6.32. The minimum atomic E-state index is -4.86. The summed E-state index contributed by atoms with van der Waals surface area (Å²) in [5, 5.41) is 4.16. The molecule has 0 unspecified atom stereocenters. The number of likely N-dealkylation sites (tertiary alicyclic amines) is 1. The van der Waals surface area contributed by atoms with E-state index >= 15 is 0 Å². The Morgan fingerprint density at radius 3 is 2.61 bits per heavy atom. The van der Waals surface area contributed by atoms with Crippen molar-refractivity contribution in [1.29, 1.82) is 0 Å². The number of rotatable bonds is 2. The Labute approximate surface area is 192 Å². The van der Waals surface area contributed by atoms with Crippen molar-refractivity contribution in [3.63, 3.8) is 0 Å². The van der Waals surface area contributed by atoms with E-state index in [9.17, 15) is 18.0 Å². The number of aromatic nitrogens is 2. The van der Waals surface area contributed by atoms with Crippen molar-refractivity contribution in [3.05, 3.63) is 64.8 Å². The highest BCUT2D eigenvalue weighted by Crippen LogP contribution is 2.49. The van der Waals surface area contributed by atoms with E-state index in [-0.39, 0.29) is 16.5 Å². The van der Waals surface area contributed by atoms with E-state index in [1.165, 1.54) is 12.1 Å². The number of piperidine rings is 1. The van der Waals surface area contributed by atoms with E-state index < -0.39 is 17.7 Å². The molecule has 0 N–H and O–H groups in total. The summed E-state index contributed by atoms with van der Waals surface area (Å²) >= 11 is 5.92. The van der Waals surface area contributed by atoms with Crippen LogP contribution in [0, 0.1) is 0 Å². The number of hydrogen-bond donors (Lipinski definition) is 0. The molecule has 0 bridgehead atoms. The molecule has 1 saturated heterocycles. The number of carbonyl (C=O) groups excluding carboxylic acids is 1. The zero-order valence-electron chi connectivity index (χ0n) is 17.5. The molecular weight excluding hydrogens is 459 g/mol. The molecule has 6 nitrogen and oxygen atoms in total. The lowest BCUT2D eigenvalue weighted by atomic mass is 9.81. The first-order chi connectivity index (χ1) is 15.7. The number of aryl methyl sites for hydroxylation is 1. The summed E-state index contributed by atoms with van der Waals surface area (Å²) in [5.74, 6) is -0.0787. The van der Waals surface area contributed by atoms with Crippen LogP contribution in [0.25, 0.3) is 11.3 Å². The van der Waals surface area contributed by atoms with E-state index in [4.69, 9.17) is 16.3 Å². The van der Waals surface area contributed by atoms with E-state index in [2.05, 4.69) is 9.84 Å². The number of carbonyl (C=O) groups is 1. The number of alkyl halides is 3. The Bertz CT molecular complexity index is 1230. The number of para-hydroxylation sites is 1. The highest BCUT2D eigenvalue weighted by atomic mass is 35.5. The van der Waals surface area contributed by atoms with Crippen LogP contribution in [0.15, 0.2) is 48.7 Å². The first-order valence-corrected chi connectivity index (χ1v) is 10.7. The van der Waals surface area contributed by atoms with Gasteiger partial charge in [0.1, 0.15) is 17.1 Å². The SMILES string of the molecule is Cn1ncc2c1-c1ccccc1OC21CCN(C(=O)c2ccc(OC(F)(F)F)c(Cl)c2)CC1. The van der Waals surface area contributed by atoms with E-state index in [1.807, 2.05) is 42.2 Å². The lowest BCUT2D eigenvalue weighted by molar-refractivity contribution is -0.274. The van der Waals surface area contributed by atoms with Gasteiger partial charge in [0.2, 0.25) is 0 Å². The van der Waals surface area contributed by atoms with E-state index in [0.29, 0.717) is 25.9 Å². The molecule has 5 rings (SSSR count). The van der Waals surface area contributed by atoms with Crippen LogP contribution in [0.4, 0.5) is 13.2 Å². The van der Waals surface area contributed by atoms with Gasteiger partial charge in [-0.05, 0) is 30.3 Å². The molecule has 2 aliphatic heterocycles. The third-order valence-corrected chi connectivity index (χ3v) is 6.44. The summed E-state index contributed by atoms with van der Waals surface area (Å²) in [6, 6.07) is 11.3. The van der Waals surface area contributed by atoms with Crippen LogP contribution in [0.1, 0.15) is 28.8 Å². The third-order valence-electron chi connectivity index (χ3n) is 6.14. The molecule has 10 heteroatoms. The van der Waals surface area contributed by atoms with Crippen molar-refractivity contribution in [3.8, 4) is 22.8 Å². The van der Waals surface area contributed by atoms with Gasteiger partial charge < -0.3 is 14.4 Å². The minimum absolute atomic E-state index is 0.197. The molecule has 1 aromatic heterocycles. The molecule has 172 valence electrons. The molecule has 0 radical (unpaired) electrons. The molecule has 3 heterocycles. The predicted molar refractivity (Wildman–Crippen MR) is 114 cm³/mol. The lowest BCUT2D eigenvalue weighted by Crippen LogP contribution is -2.49. The van der Waals surface area contributed by atoms with Gasteiger partial charge >= 0.3 is 6.36 Å². The maximum absolute atomic E-state index is 13.0. The van der Waals surface area contributed by atoms with Crippen molar-refractivity contribution < 1.29 is 27.4 Å².